The molecule has 0 unspecified atom stereocenters. The van der Waals surface area contributed by atoms with Gasteiger partial charge in [0.2, 0.25) is 0 Å². The summed E-state index contributed by atoms with van der Waals surface area (Å²) in [4.78, 5) is 53.1. The van der Waals surface area contributed by atoms with Gasteiger partial charge in [0.15, 0.2) is 0 Å². The lowest BCUT2D eigenvalue weighted by atomic mass is 10.1. The van der Waals surface area contributed by atoms with Crippen LogP contribution < -0.4 is 0 Å². The molecule has 2 aromatic carbocycles. The van der Waals surface area contributed by atoms with Crippen molar-refractivity contribution in [1.29, 1.82) is 0 Å². The third-order valence-electron chi connectivity index (χ3n) is 9.00. The lowest BCUT2D eigenvalue weighted by Gasteiger charge is -2.30. The van der Waals surface area contributed by atoms with Crippen molar-refractivity contribution >= 4 is 31.7 Å². The summed E-state index contributed by atoms with van der Waals surface area (Å²) in [5, 5.41) is 0. The van der Waals surface area contributed by atoms with E-state index >= 15 is 0 Å². The highest BCUT2D eigenvalue weighted by Crippen LogP contribution is 2.26. The molecule has 0 saturated heterocycles. The molecule has 2 aromatic rings. The van der Waals surface area contributed by atoms with Gasteiger partial charge in [-0.2, -0.15) is 0 Å². The minimum atomic E-state index is -1.35. The molecular formula is C34H48N3O4Si+. The van der Waals surface area contributed by atoms with Gasteiger partial charge in [0.25, 0.3) is 23.6 Å². The summed E-state index contributed by atoms with van der Waals surface area (Å²) in [6.45, 7) is 7.93. The maximum absolute atomic E-state index is 12.6. The molecule has 4 rings (SSSR count). The molecule has 0 spiro atoms. The highest BCUT2D eigenvalue weighted by molar-refractivity contribution is 6.77. The molecule has 4 amide bonds. The normalized spacial score (nSPS) is 15.1. The molecule has 0 N–H and O–H groups in total. The second-order valence-corrected chi connectivity index (χ2v) is 18.8. The number of fused-ring (bicyclic) bond motifs is 2. The first-order valence-corrected chi connectivity index (χ1v) is 19.1. The fraction of sp³-hybridized carbons (Fsp3) is 0.529. The summed E-state index contributed by atoms with van der Waals surface area (Å²) < 4.78 is 0.906. The molecule has 8 heteroatoms. The van der Waals surface area contributed by atoms with E-state index in [0.29, 0.717) is 35.3 Å². The zero-order chi connectivity index (χ0) is 30.3. The Morgan fingerprint density at radius 3 is 1.36 bits per heavy atom. The first kappa shape index (κ1) is 31.8. The summed E-state index contributed by atoms with van der Waals surface area (Å²) in [7, 11) is 3.13. The minimum Gasteiger partial charge on any atom is -0.328 e. The van der Waals surface area contributed by atoms with Gasteiger partial charge < -0.3 is 4.48 Å². The molecule has 42 heavy (non-hydrogen) atoms. The van der Waals surface area contributed by atoms with Crippen molar-refractivity contribution in [3.63, 3.8) is 0 Å². The van der Waals surface area contributed by atoms with Crippen LogP contribution in [0, 0.1) is 0 Å². The molecule has 2 aliphatic rings. The number of amides is 4. The first-order chi connectivity index (χ1) is 20.0. The van der Waals surface area contributed by atoms with Crippen LogP contribution in [0.4, 0.5) is 0 Å². The molecule has 7 nitrogen and oxygen atoms in total. The van der Waals surface area contributed by atoms with Crippen molar-refractivity contribution in [3.05, 3.63) is 70.8 Å². The van der Waals surface area contributed by atoms with Crippen LogP contribution in [0.5, 0.6) is 0 Å². The van der Waals surface area contributed by atoms with Crippen LogP contribution in [-0.4, -0.2) is 86.3 Å². The number of hydrogen-bond donors (Lipinski definition) is 0. The maximum atomic E-state index is 12.6. The average Bonchev–Trinajstić information content (AvgIpc) is 3.35. The standard InChI is InChI=1S/C34H48N3O4Si/c1-37(2,24-15-21-35-31(38)27-17-9-10-18-28(27)32(35)39)23-13-7-5-6-8-14-25-42(3,4)26-16-22-36-33(40)29-19-11-12-20-30(29)34(36)41/h9-12,17-20H,5-8,13-16,21-26H2,1-4H3/q+1. The van der Waals surface area contributed by atoms with Gasteiger partial charge in [-0.15, -0.1) is 0 Å². The first-order valence-electron chi connectivity index (χ1n) is 15.7. The summed E-state index contributed by atoms with van der Waals surface area (Å²) >= 11 is 0. The van der Waals surface area contributed by atoms with Crippen LogP contribution in [-0.2, 0) is 0 Å². The molecule has 0 bridgehead atoms. The van der Waals surface area contributed by atoms with Crippen molar-refractivity contribution in [2.75, 3.05) is 40.3 Å². The maximum Gasteiger partial charge on any atom is 0.261 e. The highest BCUT2D eigenvalue weighted by atomic mass is 28.3. The molecule has 0 atom stereocenters. The molecule has 0 radical (unpaired) electrons. The fourth-order valence-electron chi connectivity index (χ4n) is 6.34. The molecular weight excluding hydrogens is 542 g/mol. The van der Waals surface area contributed by atoms with E-state index in [1.807, 2.05) is 24.3 Å². The third-order valence-corrected chi connectivity index (χ3v) is 12.4. The molecule has 226 valence electrons. The lowest BCUT2D eigenvalue weighted by molar-refractivity contribution is -0.890. The Bertz CT molecular complexity index is 1140. The van der Waals surface area contributed by atoms with Gasteiger partial charge in [-0.05, 0) is 43.5 Å². The van der Waals surface area contributed by atoms with Crippen molar-refractivity contribution in [2.45, 2.75) is 76.5 Å². The number of benzene rings is 2. The van der Waals surface area contributed by atoms with Gasteiger partial charge in [-0.3, -0.25) is 29.0 Å². The molecule has 2 aliphatic heterocycles. The second kappa shape index (κ2) is 13.9. The van der Waals surface area contributed by atoms with E-state index in [4.69, 9.17) is 0 Å². The van der Waals surface area contributed by atoms with Crippen LogP contribution in [0.2, 0.25) is 25.2 Å². The van der Waals surface area contributed by atoms with Gasteiger partial charge in [0, 0.05) is 27.6 Å². The van der Waals surface area contributed by atoms with Crippen molar-refractivity contribution in [1.82, 2.24) is 9.80 Å². The zero-order valence-corrected chi connectivity index (χ0v) is 27.0. The number of rotatable bonds is 17. The number of carbonyl (C=O) groups is 4. The summed E-state index contributed by atoms with van der Waals surface area (Å²) in [5.41, 5.74) is 2.14. The van der Waals surface area contributed by atoms with Gasteiger partial charge in [0.05, 0.1) is 49.4 Å². The molecule has 0 fully saturated rings. The second-order valence-electron chi connectivity index (χ2n) is 13.5. The third kappa shape index (κ3) is 7.84. The Kier molecular flexibility index (Phi) is 10.5. The predicted octanol–water partition coefficient (Wildman–Crippen LogP) is 6.48. The van der Waals surface area contributed by atoms with E-state index in [1.165, 1.54) is 54.4 Å². The Hall–Kier alpha value is -3.10. The van der Waals surface area contributed by atoms with Crippen molar-refractivity contribution < 1.29 is 23.7 Å². The monoisotopic (exact) mass is 590 g/mol. The van der Waals surface area contributed by atoms with Crippen molar-refractivity contribution in [3.8, 4) is 0 Å². The average molecular weight is 591 g/mol. The van der Waals surface area contributed by atoms with Crippen LogP contribution in [0.3, 0.4) is 0 Å². The Morgan fingerprint density at radius 2 is 0.881 bits per heavy atom. The number of carbonyl (C=O) groups excluding carboxylic acids is 4. The van der Waals surface area contributed by atoms with Gasteiger partial charge in [0.1, 0.15) is 0 Å². The molecule has 0 saturated carbocycles. The van der Waals surface area contributed by atoms with Gasteiger partial charge >= 0.3 is 0 Å². The van der Waals surface area contributed by atoms with Gasteiger partial charge in [-0.1, -0.05) is 75.1 Å². The number of nitrogens with zero attached hydrogens (tertiary/aromatic N) is 3. The van der Waals surface area contributed by atoms with E-state index in [0.717, 1.165) is 36.5 Å². The van der Waals surface area contributed by atoms with E-state index in [-0.39, 0.29) is 23.6 Å². The predicted molar refractivity (Wildman–Crippen MR) is 169 cm³/mol. The topological polar surface area (TPSA) is 74.8 Å². The summed E-state index contributed by atoms with van der Waals surface area (Å²) in [6.07, 6.45) is 9.22. The largest absolute Gasteiger partial charge is 0.328 e. The van der Waals surface area contributed by atoms with Gasteiger partial charge in [-0.25, -0.2) is 0 Å². The number of hydrogen-bond acceptors (Lipinski definition) is 4. The summed E-state index contributed by atoms with van der Waals surface area (Å²) in [6, 6.07) is 16.7. The smallest absolute Gasteiger partial charge is 0.261 e. The minimum absolute atomic E-state index is 0.140. The Balaban J connectivity index is 1.02. The SMILES string of the molecule is C[N+](C)(CCCCCCCC[Si](C)(C)CCCN1C(=O)c2ccccc2C1=O)CCCN1C(=O)c2ccccc2C1=O. The van der Waals surface area contributed by atoms with E-state index in [9.17, 15) is 19.2 Å². The number of imide groups is 2. The quantitative estimate of drug-likeness (QED) is 0.0914. The van der Waals surface area contributed by atoms with Crippen LogP contribution in [0.15, 0.2) is 48.5 Å². The van der Waals surface area contributed by atoms with E-state index in [2.05, 4.69) is 27.2 Å². The Morgan fingerprint density at radius 1 is 0.524 bits per heavy atom. The molecule has 0 aromatic heterocycles. The van der Waals surface area contributed by atoms with E-state index < -0.39 is 8.07 Å². The fourth-order valence-corrected chi connectivity index (χ4v) is 8.92. The summed E-state index contributed by atoms with van der Waals surface area (Å²) in [5.74, 6) is -0.598. The van der Waals surface area contributed by atoms with Crippen LogP contribution in [0.25, 0.3) is 0 Å². The van der Waals surface area contributed by atoms with Crippen molar-refractivity contribution in [2.24, 2.45) is 0 Å². The molecule has 2 heterocycles. The highest BCUT2D eigenvalue weighted by Gasteiger charge is 2.36. The molecule has 0 aliphatic carbocycles. The number of quaternary nitrogens is 1. The lowest BCUT2D eigenvalue weighted by Crippen LogP contribution is -2.43. The number of unbranched alkanes of at least 4 members (excludes halogenated alkanes) is 5. The Labute approximate surface area is 252 Å². The zero-order valence-electron chi connectivity index (χ0n) is 26.0. The van der Waals surface area contributed by atoms with Crippen LogP contribution >= 0.6 is 0 Å². The van der Waals surface area contributed by atoms with Crippen LogP contribution in [0.1, 0.15) is 92.8 Å². The van der Waals surface area contributed by atoms with E-state index in [1.54, 1.807) is 24.3 Å².